The Morgan fingerprint density at radius 3 is 1.96 bits per heavy atom. The number of phenolic OH excluding ortho intramolecular Hbond substituents is 1. The summed E-state index contributed by atoms with van der Waals surface area (Å²) in [6, 6.07) is 10.8. The van der Waals surface area contributed by atoms with Crippen molar-refractivity contribution >= 4 is 64.3 Å². The highest BCUT2D eigenvalue weighted by Gasteiger charge is 2.76. The number of halogens is 7. The van der Waals surface area contributed by atoms with Gasteiger partial charge in [0.1, 0.15) is 5.69 Å². The predicted molar refractivity (Wildman–Crippen MR) is 176 cm³/mol. The lowest BCUT2D eigenvalue weighted by atomic mass is 9.57. The number of aromatic hydroxyl groups is 1. The summed E-state index contributed by atoms with van der Waals surface area (Å²) in [4.78, 5) is 51.9. The molecule has 16 heteroatoms. The first-order valence-corrected chi connectivity index (χ1v) is 16.4. The van der Waals surface area contributed by atoms with Crippen molar-refractivity contribution in [3.8, 4) is 17.2 Å². The maximum absolute atomic E-state index is 15.2. The summed E-state index contributed by atoms with van der Waals surface area (Å²) < 4.78 is 83.8. The molecule has 6 unspecified atom stereocenters. The molecule has 0 spiro atoms. The van der Waals surface area contributed by atoms with Crippen LogP contribution in [0.3, 0.4) is 0 Å². The first-order valence-electron chi connectivity index (χ1n) is 15.7. The lowest BCUT2D eigenvalue weighted by molar-refractivity contribution is -0.125. The standard InChI is InChI=1S/C36H25Cl2F5N2O7/c1-51-21-12-15(13-22(52-2)30(21)46)8-11-20-17-9-10-18-23(32(48)44(31(18)47)16-6-4-3-5-7-16)19(17)14-35(37)33(49)45(34(50)36(20,35)38)29-27(42)25(40)24(39)26(41)28(29)43/h3-9,11-13,18-20,23,46H,10,14H2,1-2H3. The van der Waals surface area contributed by atoms with Crippen molar-refractivity contribution in [1.29, 1.82) is 0 Å². The summed E-state index contributed by atoms with van der Waals surface area (Å²) in [5.41, 5.74) is -1.02. The third-order valence-electron chi connectivity index (χ3n) is 10.3. The SMILES string of the molecule is COc1cc(C=CC2C3=CCC4C(=O)N(c5ccccc5)C(=O)C4C3CC3(Cl)C(=O)N(c4c(F)c(F)c(F)c(F)c4F)C(=O)C23Cl)cc(OC)c1O. The lowest BCUT2D eigenvalue weighted by Gasteiger charge is -2.49. The van der Waals surface area contributed by atoms with Crippen molar-refractivity contribution in [3.63, 3.8) is 0 Å². The third-order valence-corrected chi connectivity index (χ3v) is 11.7. The highest BCUT2D eigenvalue weighted by Crippen LogP contribution is 2.64. The van der Waals surface area contributed by atoms with Gasteiger partial charge in [0.2, 0.25) is 23.4 Å². The number of carbonyl (C=O) groups is 4. The number of nitrogens with zero attached hydrogens (tertiary/aromatic N) is 2. The molecule has 3 aromatic rings. The van der Waals surface area contributed by atoms with Crippen LogP contribution in [0.15, 0.2) is 60.2 Å². The lowest BCUT2D eigenvalue weighted by Crippen LogP contribution is -2.60. The maximum Gasteiger partial charge on any atom is 0.258 e. The number of ether oxygens (including phenoxy) is 2. The van der Waals surface area contributed by atoms with Gasteiger partial charge in [0.15, 0.2) is 44.5 Å². The van der Waals surface area contributed by atoms with Crippen molar-refractivity contribution in [3.05, 3.63) is 94.8 Å². The Labute approximate surface area is 301 Å². The van der Waals surface area contributed by atoms with Crippen LogP contribution in [0, 0.1) is 52.8 Å². The van der Waals surface area contributed by atoms with E-state index in [4.69, 9.17) is 32.7 Å². The van der Waals surface area contributed by atoms with Crippen LogP contribution in [-0.4, -0.2) is 52.7 Å². The van der Waals surface area contributed by atoms with Gasteiger partial charge in [0, 0.05) is 5.92 Å². The zero-order valence-electron chi connectivity index (χ0n) is 26.9. The Morgan fingerprint density at radius 2 is 1.38 bits per heavy atom. The van der Waals surface area contributed by atoms with Crippen LogP contribution in [-0.2, 0) is 19.2 Å². The molecule has 6 atom stereocenters. The number of para-hydroxylation sites is 1. The number of carbonyl (C=O) groups excluding carboxylic acids is 4. The van der Waals surface area contributed by atoms with E-state index in [0.29, 0.717) is 5.56 Å². The van der Waals surface area contributed by atoms with E-state index in [1.165, 1.54) is 38.5 Å². The number of anilines is 2. The van der Waals surface area contributed by atoms with Crippen molar-refractivity contribution in [2.45, 2.75) is 22.6 Å². The maximum atomic E-state index is 15.2. The number of alkyl halides is 2. The minimum atomic E-state index is -2.67. The summed E-state index contributed by atoms with van der Waals surface area (Å²) >= 11 is 14.2. The van der Waals surface area contributed by atoms with Gasteiger partial charge in [-0.3, -0.25) is 24.1 Å². The van der Waals surface area contributed by atoms with E-state index in [-0.39, 0.29) is 39.8 Å². The Morgan fingerprint density at radius 1 is 0.808 bits per heavy atom. The molecule has 1 N–H and O–H groups in total. The molecular weight excluding hydrogens is 738 g/mol. The molecular formula is C36H25Cl2F5N2O7. The van der Waals surface area contributed by atoms with Crippen molar-refractivity contribution < 1.29 is 55.7 Å². The normalized spacial score (nSPS) is 28.3. The average molecular weight is 763 g/mol. The summed E-state index contributed by atoms with van der Waals surface area (Å²) in [5.74, 6) is -21.7. The van der Waals surface area contributed by atoms with E-state index in [2.05, 4.69) is 0 Å². The van der Waals surface area contributed by atoms with Gasteiger partial charge in [0.25, 0.3) is 11.8 Å². The van der Waals surface area contributed by atoms with E-state index in [9.17, 15) is 37.5 Å². The number of methoxy groups -OCH3 is 2. The van der Waals surface area contributed by atoms with Gasteiger partial charge in [0.05, 0.1) is 31.7 Å². The molecule has 2 aliphatic heterocycles. The molecule has 3 aromatic carbocycles. The van der Waals surface area contributed by atoms with Gasteiger partial charge >= 0.3 is 0 Å². The van der Waals surface area contributed by atoms with Gasteiger partial charge in [-0.25, -0.2) is 26.9 Å². The van der Waals surface area contributed by atoms with Crippen LogP contribution in [0.1, 0.15) is 18.4 Å². The number of hydrogen-bond acceptors (Lipinski definition) is 7. The first kappa shape index (κ1) is 35.5. The Bertz CT molecular complexity index is 2110. The van der Waals surface area contributed by atoms with Gasteiger partial charge in [-0.1, -0.05) is 42.0 Å². The van der Waals surface area contributed by atoms with Crippen LogP contribution in [0.4, 0.5) is 33.3 Å². The fourth-order valence-electron chi connectivity index (χ4n) is 7.86. The molecule has 52 heavy (non-hydrogen) atoms. The summed E-state index contributed by atoms with van der Waals surface area (Å²) in [6.45, 7) is 0. The number of benzene rings is 3. The Hall–Kier alpha value is -4.95. The highest BCUT2D eigenvalue weighted by molar-refractivity contribution is 6.58. The molecule has 3 fully saturated rings. The van der Waals surface area contributed by atoms with Crippen LogP contribution >= 0.6 is 23.2 Å². The highest BCUT2D eigenvalue weighted by atomic mass is 35.5. The van der Waals surface area contributed by atoms with E-state index in [0.717, 1.165) is 4.90 Å². The number of fused-ring (bicyclic) bond motifs is 4. The molecule has 2 saturated heterocycles. The molecule has 7 rings (SSSR count). The number of hydrogen-bond donors (Lipinski definition) is 1. The molecule has 0 radical (unpaired) electrons. The molecule has 2 aliphatic carbocycles. The summed E-state index contributed by atoms with van der Waals surface area (Å²) in [5, 5.41) is 10.4. The number of allylic oxidation sites excluding steroid dienone is 3. The molecule has 0 aromatic heterocycles. The van der Waals surface area contributed by atoms with Gasteiger partial charge in [-0.05, 0) is 48.6 Å². The monoisotopic (exact) mass is 762 g/mol. The molecule has 270 valence electrons. The minimum absolute atomic E-state index is 0.0126. The van der Waals surface area contributed by atoms with Crippen LogP contribution in [0.5, 0.6) is 17.2 Å². The number of phenols is 1. The second-order valence-electron chi connectivity index (χ2n) is 12.7. The van der Waals surface area contributed by atoms with Crippen LogP contribution in [0.2, 0.25) is 0 Å². The minimum Gasteiger partial charge on any atom is -0.502 e. The fourth-order valence-corrected chi connectivity index (χ4v) is 8.75. The molecule has 0 bridgehead atoms. The second-order valence-corrected chi connectivity index (χ2v) is 14.0. The van der Waals surface area contributed by atoms with E-state index < -0.39 is 98.2 Å². The Balaban J connectivity index is 1.41. The third kappa shape index (κ3) is 4.65. The number of rotatable bonds is 6. The molecule has 9 nitrogen and oxygen atoms in total. The van der Waals surface area contributed by atoms with E-state index in [1.54, 1.807) is 36.4 Å². The summed E-state index contributed by atoms with van der Waals surface area (Å²) in [7, 11) is 2.56. The largest absolute Gasteiger partial charge is 0.502 e. The van der Waals surface area contributed by atoms with E-state index >= 15 is 8.78 Å². The molecule has 4 amide bonds. The molecule has 1 saturated carbocycles. The average Bonchev–Trinajstić information content (AvgIpc) is 3.48. The number of amides is 4. The predicted octanol–water partition coefficient (Wildman–Crippen LogP) is 6.42. The quantitative estimate of drug-likeness (QED) is 0.0771. The van der Waals surface area contributed by atoms with Crippen LogP contribution in [0.25, 0.3) is 6.08 Å². The van der Waals surface area contributed by atoms with E-state index in [1.807, 2.05) is 0 Å². The second kappa shape index (κ2) is 12.3. The van der Waals surface area contributed by atoms with Gasteiger partial charge in [-0.15, -0.1) is 23.2 Å². The molecule has 2 heterocycles. The zero-order valence-corrected chi connectivity index (χ0v) is 28.4. The van der Waals surface area contributed by atoms with Crippen LogP contribution < -0.4 is 19.3 Å². The smallest absolute Gasteiger partial charge is 0.258 e. The van der Waals surface area contributed by atoms with Crippen molar-refractivity contribution in [1.82, 2.24) is 0 Å². The van der Waals surface area contributed by atoms with Gasteiger partial charge < -0.3 is 14.6 Å². The summed E-state index contributed by atoms with van der Waals surface area (Å²) in [6.07, 6.45) is 3.66. The van der Waals surface area contributed by atoms with Gasteiger partial charge in [-0.2, -0.15) is 0 Å². The topological polar surface area (TPSA) is 113 Å². The zero-order chi connectivity index (χ0) is 37.6. The first-order chi connectivity index (χ1) is 24.6. The number of imide groups is 2. The van der Waals surface area contributed by atoms with Crippen molar-refractivity contribution in [2.75, 3.05) is 24.0 Å². The van der Waals surface area contributed by atoms with Crippen molar-refractivity contribution in [2.24, 2.45) is 23.7 Å². The molecule has 4 aliphatic rings. The Kier molecular flexibility index (Phi) is 8.41. The fraction of sp³-hybridized carbons (Fsp3) is 0.278.